The van der Waals surface area contributed by atoms with E-state index in [1.165, 1.54) is 128 Å². The molecule has 0 saturated heterocycles. The van der Waals surface area contributed by atoms with Gasteiger partial charge in [-0.15, -0.1) is 0 Å². The lowest BCUT2D eigenvalue weighted by atomic mass is 10.1. The zero-order chi connectivity index (χ0) is 40.0. The SMILES string of the molecule is CCCCCCCCCC/C=C\CCCCCCCCCCCC(=O)OC(COC(=O)CCCCCCCCCCC)COP(=O)(O)OCC(N)C(=O)O. The van der Waals surface area contributed by atoms with Gasteiger partial charge in [0.25, 0.3) is 0 Å². The fraction of sp³-hybridized carbons (Fsp3) is 0.881. The zero-order valence-corrected chi connectivity index (χ0v) is 35.2. The molecule has 0 spiro atoms. The number of ether oxygens (including phenoxy) is 2. The van der Waals surface area contributed by atoms with Gasteiger partial charge in [-0.2, -0.15) is 0 Å². The molecule has 4 N–H and O–H groups in total. The molecule has 54 heavy (non-hydrogen) atoms. The fourth-order valence-electron chi connectivity index (χ4n) is 6.06. The summed E-state index contributed by atoms with van der Waals surface area (Å²) in [5.74, 6) is -2.37. The molecular formula is C42H80NO10P. The number of nitrogens with two attached hydrogens (primary N) is 1. The summed E-state index contributed by atoms with van der Waals surface area (Å²) in [7, 11) is -4.71. The highest BCUT2D eigenvalue weighted by molar-refractivity contribution is 7.47. The zero-order valence-electron chi connectivity index (χ0n) is 34.3. The van der Waals surface area contributed by atoms with E-state index in [1.807, 2.05) is 0 Å². The van der Waals surface area contributed by atoms with Gasteiger partial charge < -0.3 is 25.2 Å². The number of hydrogen-bond donors (Lipinski definition) is 3. The number of phosphoric ester groups is 1. The van der Waals surface area contributed by atoms with E-state index in [0.717, 1.165) is 38.5 Å². The van der Waals surface area contributed by atoms with Crippen molar-refractivity contribution in [1.82, 2.24) is 0 Å². The van der Waals surface area contributed by atoms with Crippen LogP contribution in [0.5, 0.6) is 0 Å². The maximum absolute atomic E-state index is 12.6. The number of aliphatic carboxylic acids is 1. The minimum absolute atomic E-state index is 0.163. The topological polar surface area (TPSA) is 172 Å². The van der Waals surface area contributed by atoms with Gasteiger partial charge in [0, 0.05) is 12.8 Å². The molecule has 12 heteroatoms. The molecular weight excluding hydrogens is 709 g/mol. The molecule has 0 saturated carbocycles. The molecule has 11 nitrogen and oxygen atoms in total. The lowest BCUT2D eigenvalue weighted by molar-refractivity contribution is -0.161. The maximum atomic E-state index is 12.6. The molecule has 0 amide bonds. The number of hydrogen-bond acceptors (Lipinski definition) is 9. The summed E-state index contributed by atoms with van der Waals surface area (Å²) in [6.07, 6.45) is 37.2. The number of carbonyl (C=O) groups is 3. The van der Waals surface area contributed by atoms with Crippen LogP contribution in [0.2, 0.25) is 0 Å². The molecule has 318 valence electrons. The summed E-state index contributed by atoms with van der Waals surface area (Å²) in [4.78, 5) is 45.8. The molecule has 0 aromatic rings. The minimum Gasteiger partial charge on any atom is -0.480 e. The Hall–Kier alpha value is -1.78. The van der Waals surface area contributed by atoms with Crippen LogP contribution in [0.25, 0.3) is 0 Å². The first-order chi connectivity index (χ1) is 26.1. The molecule has 0 radical (unpaired) electrons. The van der Waals surface area contributed by atoms with E-state index in [0.29, 0.717) is 12.8 Å². The summed E-state index contributed by atoms with van der Waals surface area (Å²) < 4.78 is 32.6. The van der Waals surface area contributed by atoms with Crippen molar-refractivity contribution in [2.45, 2.75) is 219 Å². The molecule has 0 fully saturated rings. The molecule has 0 heterocycles. The van der Waals surface area contributed by atoms with Crippen molar-refractivity contribution >= 4 is 25.7 Å². The third-order valence-corrected chi connectivity index (χ3v) is 10.5. The van der Waals surface area contributed by atoms with Gasteiger partial charge in [-0.25, -0.2) is 4.57 Å². The van der Waals surface area contributed by atoms with E-state index >= 15 is 0 Å². The van der Waals surface area contributed by atoms with Crippen LogP contribution in [0.15, 0.2) is 12.2 Å². The van der Waals surface area contributed by atoms with Crippen LogP contribution < -0.4 is 5.73 Å². The van der Waals surface area contributed by atoms with Gasteiger partial charge in [0.1, 0.15) is 12.6 Å². The monoisotopic (exact) mass is 790 g/mol. The summed E-state index contributed by atoms with van der Waals surface area (Å²) >= 11 is 0. The van der Waals surface area contributed by atoms with E-state index in [1.54, 1.807) is 0 Å². The molecule has 3 atom stereocenters. The smallest absolute Gasteiger partial charge is 0.472 e. The van der Waals surface area contributed by atoms with Gasteiger partial charge in [0.2, 0.25) is 0 Å². The normalized spacial score (nSPS) is 13.9. The molecule has 0 aromatic carbocycles. The Morgan fingerprint density at radius 1 is 0.556 bits per heavy atom. The first-order valence-electron chi connectivity index (χ1n) is 21.7. The molecule has 3 unspecified atom stereocenters. The highest BCUT2D eigenvalue weighted by Gasteiger charge is 2.28. The van der Waals surface area contributed by atoms with Crippen molar-refractivity contribution in [3.05, 3.63) is 12.2 Å². The number of phosphoric acid groups is 1. The molecule has 0 aliphatic carbocycles. The average molecular weight is 790 g/mol. The maximum Gasteiger partial charge on any atom is 0.472 e. The number of carboxylic acid groups (broad SMARTS) is 1. The van der Waals surface area contributed by atoms with Gasteiger partial charge >= 0.3 is 25.7 Å². The van der Waals surface area contributed by atoms with Crippen LogP contribution in [0, 0.1) is 0 Å². The van der Waals surface area contributed by atoms with Crippen LogP contribution >= 0.6 is 7.82 Å². The van der Waals surface area contributed by atoms with E-state index in [-0.39, 0.29) is 19.4 Å². The Labute approximate surface area is 328 Å². The second-order valence-corrected chi connectivity index (χ2v) is 16.3. The van der Waals surface area contributed by atoms with Gasteiger partial charge in [0.05, 0.1) is 13.2 Å². The summed E-state index contributed by atoms with van der Waals surface area (Å²) in [6, 6.07) is -1.52. The van der Waals surface area contributed by atoms with Crippen LogP contribution in [0.4, 0.5) is 0 Å². The van der Waals surface area contributed by atoms with Gasteiger partial charge in [-0.05, 0) is 38.5 Å². The van der Waals surface area contributed by atoms with Crippen molar-refractivity contribution in [3.8, 4) is 0 Å². The number of carbonyl (C=O) groups excluding carboxylic acids is 2. The van der Waals surface area contributed by atoms with Crippen molar-refractivity contribution in [2.75, 3.05) is 19.8 Å². The Kier molecular flexibility index (Phi) is 36.9. The number of allylic oxidation sites excluding steroid dienone is 2. The largest absolute Gasteiger partial charge is 0.480 e. The van der Waals surface area contributed by atoms with Crippen molar-refractivity contribution in [1.29, 1.82) is 0 Å². The third kappa shape index (κ3) is 37.2. The van der Waals surface area contributed by atoms with E-state index < -0.39 is 51.1 Å². The molecule has 0 aromatic heterocycles. The summed E-state index contributed by atoms with van der Waals surface area (Å²) in [6.45, 7) is 2.79. The standard InChI is InChI=1S/C42H80NO10P/c1-3-5-7-9-11-13-14-15-16-17-18-19-20-21-22-23-24-26-28-30-32-34-41(45)53-38(36-51-54(48,49)52-37-39(43)42(46)47)35-50-40(44)33-31-29-27-25-12-10-8-6-4-2/h17-18,38-39H,3-16,19-37,43H2,1-2H3,(H,46,47)(H,48,49)/b18-17-. The number of esters is 2. The van der Waals surface area contributed by atoms with Crippen molar-refractivity contribution in [2.24, 2.45) is 5.73 Å². The van der Waals surface area contributed by atoms with Crippen LogP contribution in [-0.2, 0) is 37.5 Å². The second kappa shape index (κ2) is 38.1. The average Bonchev–Trinajstić information content (AvgIpc) is 3.14. The van der Waals surface area contributed by atoms with E-state index in [2.05, 4.69) is 30.5 Å². The lowest BCUT2D eigenvalue weighted by Gasteiger charge is -2.20. The van der Waals surface area contributed by atoms with Gasteiger partial charge in [-0.3, -0.25) is 23.4 Å². The molecule has 0 bridgehead atoms. The van der Waals surface area contributed by atoms with Crippen LogP contribution in [0.3, 0.4) is 0 Å². The molecule has 0 aliphatic heterocycles. The molecule has 0 aliphatic rings. The van der Waals surface area contributed by atoms with Crippen molar-refractivity contribution < 1.29 is 47.5 Å². The minimum atomic E-state index is -4.71. The van der Waals surface area contributed by atoms with Gasteiger partial charge in [0.15, 0.2) is 6.10 Å². The summed E-state index contributed by atoms with van der Waals surface area (Å²) in [5.41, 5.74) is 5.32. The molecule has 0 rings (SSSR count). The second-order valence-electron chi connectivity index (χ2n) is 14.8. The van der Waals surface area contributed by atoms with E-state index in [9.17, 15) is 23.8 Å². The highest BCUT2D eigenvalue weighted by atomic mass is 31.2. The van der Waals surface area contributed by atoms with Crippen LogP contribution in [-0.4, -0.2) is 59.9 Å². The number of carboxylic acids is 1. The third-order valence-electron chi connectivity index (χ3n) is 9.51. The Morgan fingerprint density at radius 2 is 0.926 bits per heavy atom. The summed E-state index contributed by atoms with van der Waals surface area (Å²) in [5, 5.41) is 8.87. The fourth-order valence-corrected chi connectivity index (χ4v) is 6.84. The Morgan fingerprint density at radius 3 is 1.35 bits per heavy atom. The quantitative estimate of drug-likeness (QED) is 0.0233. The van der Waals surface area contributed by atoms with Crippen molar-refractivity contribution in [3.63, 3.8) is 0 Å². The number of unbranched alkanes of at least 4 members (excludes halogenated alkanes) is 25. The Balaban J connectivity index is 4.24. The predicted molar refractivity (Wildman–Crippen MR) is 217 cm³/mol. The first kappa shape index (κ1) is 52.2. The lowest BCUT2D eigenvalue weighted by Crippen LogP contribution is -2.34. The highest BCUT2D eigenvalue weighted by Crippen LogP contribution is 2.43. The Bertz CT molecular complexity index is 979. The number of rotatable bonds is 41. The van der Waals surface area contributed by atoms with Crippen LogP contribution in [0.1, 0.15) is 206 Å². The van der Waals surface area contributed by atoms with Gasteiger partial charge in [-0.1, -0.05) is 167 Å². The van der Waals surface area contributed by atoms with E-state index in [4.69, 9.17) is 24.8 Å². The first-order valence-corrected chi connectivity index (χ1v) is 23.2. The predicted octanol–water partition coefficient (Wildman–Crippen LogP) is 11.3.